The molecule has 0 radical (unpaired) electrons. The largest absolute Gasteiger partial charge is 0.306 e. The van der Waals surface area contributed by atoms with Gasteiger partial charge in [0, 0.05) is 11.1 Å². The highest BCUT2D eigenvalue weighted by Crippen LogP contribution is 2.31. The van der Waals surface area contributed by atoms with Gasteiger partial charge in [0.15, 0.2) is 0 Å². The van der Waals surface area contributed by atoms with Crippen LogP contribution < -0.4 is 5.32 Å². The summed E-state index contributed by atoms with van der Waals surface area (Å²) in [5.74, 6) is 0. The number of nitrogens with one attached hydrogen (secondary N) is 1. The minimum absolute atomic E-state index is 0.331. The molecule has 32 heavy (non-hydrogen) atoms. The predicted molar refractivity (Wildman–Crippen MR) is 147 cm³/mol. The van der Waals surface area contributed by atoms with Crippen molar-refractivity contribution in [1.82, 2.24) is 5.32 Å². The molecular formula is C31H63N. The van der Waals surface area contributed by atoms with E-state index in [0.29, 0.717) is 11.1 Å². The Bertz CT molecular complexity index is 387. The third kappa shape index (κ3) is 15.7. The van der Waals surface area contributed by atoms with Gasteiger partial charge >= 0.3 is 0 Å². The van der Waals surface area contributed by atoms with Crippen LogP contribution in [-0.2, 0) is 0 Å². The molecule has 1 aliphatic carbocycles. The van der Waals surface area contributed by atoms with E-state index in [0.717, 1.165) is 0 Å². The van der Waals surface area contributed by atoms with E-state index in [2.05, 4.69) is 33.0 Å². The molecule has 1 atom stereocenters. The minimum atomic E-state index is 0.331. The Balaban J connectivity index is 2.70. The molecule has 0 aromatic heterocycles. The number of hydrogen-bond acceptors (Lipinski definition) is 1. The zero-order valence-electron chi connectivity index (χ0n) is 23.2. The standard InChI is InChI=1S/C31H63N/c1-5-7-9-19-23-27-30(3,26-22-10-8-6-2)32-31(4)28-24-20-17-15-13-11-12-14-16-18-21-25-29-31/h32H,5-29H2,1-4H3. The van der Waals surface area contributed by atoms with Gasteiger partial charge in [-0.25, -0.2) is 0 Å². The van der Waals surface area contributed by atoms with Crippen LogP contribution in [0.5, 0.6) is 0 Å². The van der Waals surface area contributed by atoms with Gasteiger partial charge in [0.1, 0.15) is 0 Å². The van der Waals surface area contributed by atoms with E-state index in [1.807, 2.05) is 0 Å². The lowest BCUT2D eigenvalue weighted by Gasteiger charge is -2.43. The Labute approximate surface area is 204 Å². The van der Waals surface area contributed by atoms with E-state index in [1.165, 1.54) is 161 Å². The number of hydrogen-bond donors (Lipinski definition) is 1. The fourth-order valence-corrected chi connectivity index (χ4v) is 6.09. The predicted octanol–water partition coefficient (Wildman–Crippen LogP) is 10.9. The molecule has 0 saturated heterocycles. The lowest BCUT2D eigenvalue weighted by Crippen LogP contribution is -2.55. The molecule has 1 rings (SSSR count). The Morgan fingerprint density at radius 1 is 0.531 bits per heavy atom. The van der Waals surface area contributed by atoms with Gasteiger partial charge in [-0.2, -0.15) is 0 Å². The van der Waals surface area contributed by atoms with Crippen molar-refractivity contribution in [3.63, 3.8) is 0 Å². The van der Waals surface area contributed by atoms with E-state index < -0.39 is 0 Å². The zero-order chi connectivity index (χ0) is 23.4. The summed E-state index contributed by atoms with van der Waals surface area (Å²) in [5.41, 5.74) is 0.667. The van der Waals surface area contributed by atoms with Crippen molar-refractivity contribution in [2.45, 2.75) is 199 Å². The molecule has 1 heteroatoms. The SMILES string of the molecule is CCCCCCCC(C)(CCCCCC)NC1(C)CCCCCCCCCCCCCC1. The van der Waals surface area contributed by atoms with Crippen molar-refractivity contribution in [2.24, 2.45) is 0 Å². The van der Waals surface area contributed by atoms with Gasteiger partial charge in [-0.05, 0) is 39.5 Å². The molecule has 1 aliphatic rings. The average Bonchev–Trinajstić information content (AvgIpc) is 2.77. The number of unbranched alkanes of at least 4 members (excludes halogenated alkanes) is 7. The molecule has 0 aliphatic heterocycles. The van der Waals surface area contributed by atoms with Crippen LogP contribution in [0.3, 0.4) is 0 Å². The molecule has 0 spiro atoms. The Morgan fingerprint density at radius 3 is 1.28 bits per heavy atom. The summed E-state index contributed by atoms with van der Waals surface area (Å²) in [6.07, 6.45) is 35.6. The summed E-state index contributed by atoms with van der Waals surface area (Å²) < 4.78 is 0. The molecule has 1 nitrogen and oxygen atoms in total. The lowest BCUT2D eigenvalue weighted by molar-refractivity contribution is 0.173. The molecule has 0 heterocycles. The van der Waals surface area contributed by atoms with Gasteiger partial charge in [-0.3, -0.25) is 0 Å². The first-order valence-corrected chi connectivity index (χ1v) is 15.3. The molecule has 0 amide bonds. The fraction of sp³-hybridized carbons (Fsp3) is 1.00. The number of rotatable bonds is 13. The monoisotopic (exact) mass is 449 g/mol. The topological polar surface area (TPSA) is 12.0 Å². The van der Waals surface area contributed by atoms with Crippen LogP contribution in [-0.4, -0.2) is 11.1 Å². The molecule has 1 saturated carbocycles. The van der Waals surface area contributed by atoms with Crippen LogP contribution in [0.2, 0.25) is 0 Å². The second-order valence-electron chi connectivity index (χ2n) is 12.0. The van der Waals surface area contributed by atoms with Crippen LogP contribution in [0, 0.1) is 0 Å². The van der Waals surface area contributed by atoms with E-state index in [9.17, 15) is 0 Å². The molecular weight excluding hydrogens is 386 g/mol. The highest BCUT2D eigenvalue weighted by atomic mass is 15.0. The molecule has 1 N–H and O–H groups in total. The first kappa shape index (κ1) is 30.0. The summed E-state index contributed by atoms with van der Waals surface area (Å²) in [5, 5.41) is 4.37. The van der Waals surface area contributed by atoms with Crippen molar-refractivity contribution in [2.75, 3.05) is 0 Å². The molecule has 0 aromatic carbocycles. The van der Waals surface area contributed by atoms with Gasteiger partial charge in [-0.1, -0.05) is 149 Å². The molecule has 192 valence electrons. The first-order chi connectivity index (χ1) is 15.5. The summed E-state index contributed by atoms with van der Waals surface area (Å²) >= 11 is 0. The highest BCUT2D eigenvalue weighted by molar-refractivity contribution is 4.94. The second-order valence-corrected chi connectivity index (χ2v) is 12.0. The third-order valence-corrected chi connectivity index (χ3v) is 8.22. The van der Waals surface area contributed by atoms with Gasteiger partial charge in [-0.15, -0.1) is 0 Å². The van der Waals surface area contributed by atoms with Gasteiger partial charge in [0.2, 0.25) is 0 Å². The molecule has 1 unspecified atom stereocenters. The van der Waals surface area contributed by atoms with Gasteiger partial charge in [0.25, 0.3) is 0 Å². The van der Waals surface area contributed by atoms with Crippen molar-refractivity contribution >= 4 is 0 Å². The Hall–Kier alpha value is -0.0400. The highest BCUT2D eigenvalue weighted by Gasteiger charge is 2.33. The molecule has 1 fully saturated rings. The minimum Gasteiger partial charge on any atom is -0.306 e. The van der Waals surface area contributed by atoms with Crippen LogP contribution in [0.25, 0.3) is 0 Å². The van der Waals surface area contributed by atoms with Crippen molar-refractivity contribution in [1.29, 1.82) is 0 Å². The van der Waals surface area contributed by atoms with Crippen molar-refractivity contribution in [3.05, 3.63) is 0 Å². The average molecular weight is 450 g/mol. The second kappa shape index (κ2) is 19.3. The van der Waals surface area contributed by atoms with Crippen LogP contribution >= 0.6 is 0 Å². The van der Waals surface area contributed by atoms with Gasteiger partial charge in [0.05, 0.1) is 0 Å². The van der Waals surface area contributed by atoms with E-state index in [4.69, 9.17) is 0 Å². The van der Waals surface area contributed by atoms with E-state index in [-0.39, 0.29) is 0 Å². The van der Waals surface area contributed by atoms with Crippen molar-refractivity contribution < 1.29 is 0 Å². The maximum Gasteiger partial charge on any atom is 0.0158 e. The van der Waals surface area contributed by atoms with E-state index in [1.54, 1.807) is 0 Å². The van der Waals surface area contributed by atoms with Crippen molar-refractivity contribution in [3.8, 4) is 0 Å². The normalized spacial score (nSPS) is 21.4. The maximum absolute atomic E-state index is 4.37. The summed E-state index contributed by atoms with van der Waals surface area (Å²) in [6.45, 7) is 9.84. The Kier molecular flexibility index (Phi) is 18.1. The lowest BCUT2D eigenvalue weighted by atomic mass is 9.81. The Morgan fingerprint density at radius 2 is 0.875 bits per heavy atom. The summed E-state index contributed by atoms with van der Waals surface area (Å²) in [4.78, 5) is 0. The van der Waals surface area contributed by atoms with Crippen LogP contribution in [0.1, 0.15) is 188 Å². The first-order valence-electron chi connectivity index (χ1n) is 15.3. The summed E-state index contributed by atoms with van der Waals surface area (Å²) in [6, 6.07) is 0. The smallest absolute Gasteiger partial charge is 0.0158 e. The maximum atomic E-state index is 4.37. The van der Waals surface area contributed by atoms with Gasteiger partial charge < -0.3 is 5.32 Å². The quantitative estimate of drug-likeness (QED) is 0.276. The fourth-order valence-electron chi connectivity index (χ4n) is 6.09. The van der Waals surface area contributed by atoms with Crippen LogP contribution in [0.4, 0.5) is 0 Å². The van der Waals surface area contributed by atoms with E-state index >= 15 is 0 Å². The van der Waals surface area contributed by atoms with Crippen LogP contribution in [0.15, 0.2) is 0 Å². The zero-order valence-corrected chi connectivity index (χ0v) is 23.2. The third-order valence-electron chi connectivity index (χ3n) is 8.22. The summed E-state index contributed by atoms with van der Waals surface area (Å²) in [7, 11) is 0. The molecule has 0 aromatic rings. The molecule has 0 bridgehead atoms.